The number of hydrogen-bond donors (Lipinski definition) is 3. The van der Waals surface area contributed by atoms with E-state index in [0.29, 0.717) is 36.1 Å². The van der Waals surface area contributed by atoms with E-state index in [9.17, 15) is 9.59 Å². The fourth-order valence-electron chi connectivity index (χ4n) is 2.41. The standard InChI is InChI=1S/C19H22BrN3O4/c1-3-26-16-9-12(15(20)11-17(16)27-4-2)10-18(24)22-13-5-7-14(8-6-13)23-19(21)25/h5-9,11H,3-4,10H2,1-2H3,(H,22,24)(H3,21,23,25). The molecule has 8 heteroatoms. The Labute approximate surface area is 166 Å². The second-order valence-electron chi connectivity index (χ2n) is 5.55. The summed E-state index contributed by atoms with van der Waals surface area (Å²) in [6, 6.07) is 9.64. The van der Waals surface area contributed by atoms with Gasteiger partial charge in [-0.1, -0.05) is 15.9 Å². The molecule has 2 rings (SSSR count). The number of nitrogens with one attached hydrogen (secondary N) is 2. The van der Waals surface area contributed by atoms with Crippen LogP contribution in [0.1, 0.15) is 19.4 Å². The molecule has 2 aromatic rings. The number of nitrogens with two attached hydrogens (primary N) is 1. The van der Waals surface area contributed by atoms with E-state index in [4.69, 9.17) is 15.2 Å². The normalized spacial score (nSPS) is 10.2. The molecule has 0 saturated carbocycles. The van der Waals surface area contributed by atoms with Crippen molar-refractivity contribution in [3.63, 3.8) is 0 Å². The van der Waals surface area contributed by atoms with Gasteiger partial charge in [-0.05, 0) is 55.8 Å². The third kappa shape index (κ3) is 6.18. The quantitative estimate of drug-likeness (QED) is 0.584. The van der Waals surface area contributed by atoms with Gasteiger partial charge in [0.2, 0.25) is 5.91 Å². The number of hydrogen-bond acceptors (Lipinski definition) is 4. The minimum Gasteiger partial charge on any atom is -0.490 e. The Kier molecular flexibility index (Phi) is 7.48. The van der Waals surface area contributed by atoms with Gasteiger partial charge in [0.25, 0.3) is 0 Å². The first kappa shape index (κ1) is 20.6. The summed E-state index contributed by atoms with van der Waals surface area (Å²) in [4.78, 5) is 23.2. The van der Waals surface area contributed by atoms with Gasteiger partial charge in [0.05, 0.1) is 19.6 Å². The maximum absolute atomic E-state index is 12.4. The number of ether oxygens (including phenoxy) is 2. The molecule has 3 amide bonds. The van der Waals surface area contributed by atoms with E-state index in [-0.39, 0.29) is 12.3 Å². The van der Waals surface area contributed by atoms with Gasteiger partial charge in [0, 0.05) is 15.8 Å². The number of benzene rings is 2. The highest BCUT2D eigenvalue weighted by atomic mass is 79.9. The number of carbonyl (C=O) groups excluding carboxylic acids is 2. The average Bonchev–Trinajstić information content (AvgIpc) is 2.60. The van der Waals surface area contributed by atoms with E-state index in [2.05, 4.69) is 26.6 Å². The minimum atomic E-state index is -0.641. The summed E-state index contributed by atoms with van der Waals surface area (Å²) in [5, 5.41) is 5.27. The lowest BCUT2D eigenvalue weighted by Gasteiger charge is -2.14. The van der Waals surface area contributed by atoms with Crippen molar-refractivity contribution in [2.24, 2.45) is 5.73 Å². The summed E-state index contributed by atoms with van der Waals surface area (Å²) in [6.07, 6.45) is 0.161. The molecule has 2 aromatic carbocycles. The number of halogens is 1. The SMILES string of the molecule is CCOc1cc(Br)c(CC(=O)Nc2ccc(NC(N)=O)cc2)cc1OCC. The molecule has 0 aliphatic carbocycles. The van der Waals surface area contributed by atoms with E-state index in [1.54, 1.807) is 36.4 Å². The lowest BCUT2D eigenvalue weighted by Crippen LogP contribution is -2.19. The molecular formula is C19H22BrN3O4. The fraction of sp³-hybridized carbons (Fsp3) is 0.263. The monoisotopic (exact) mass is 435 g/mol. The lowest BCUT2D eigenvalue weighted by atomic mass is 10.1. The van der Waals surface area contributed by atoms with Gasteiger partial charge in [-0.2, -0.15) is 0 Å². The van der Waals surface area contributed by atoms with Crippen LogP contribution in [0.2, 0.25) is 0 Å². The van der Waals surface area contributed by atoms with Gasteiger partial charge in [0.1, 0.15) is 0 Å². The van der Waals surface area contributed by atoms with Gasteiger partial charge in [-0.3, -0.25) is 4.79 Å². The molecule has 0 heterocycles. The van der Waals surface area contributed by atoms with Crippen LogP contribution in [0.4, 0.5) is 16.2 Å². The van der Waals surface area contributed by atoms with Gasteiger partial charge in [0.15, 0.2) is 11.5 Å². The van der Waals surface area contributed by atoms with Gasteiger partial charge in [-0.15, -0.1) is 0 Å². The van der Waals surface area contributed by atoms with Crippen molar-refractivity contribution in [1.82, 2.24) is 0 Å². The summed E-state index contributed by atoms with van der Waals surface area (Å²) in [5.74, 6) is 1.05. The van der Waals surface area contributed by atoms with Crippen LogP contribution in [-0.2, 0) is 11.2 Å². The Morgan fingerprint density at radius 3 is 2.00 bits per heavy atom. The van der Waals surface area contributed by atoms with E-state index in [0.717, 1.165) is 10.0 Å². The van der Waals surface area contributed by atoms with Crippen molar-refractivity contribution in [3.8, 4) is 11.5 Å². The van der Waals surface area contributed by atoms with Crippen LogP contribution in [0.15, 0.2) is 40.9 Å². The number of rotatable bonds is 8. The molecule has 0 saturated heterocycles. The Hall–Kier alpha value is -2.74. The molecular weight excluding hydrogens is 414 g/mol. The van der Waals surface area contributed by atoms with Gasteiger partial charge < -0.3 is 25.8 Å². The Morgan fingerprint density at radius 1 is 0.963 bits per heavy atom. The topological polar surface area (TPSA) is 103 Å². The first-order valence-electron chi connectivity index (χ1n) is 8.47. The third-order valence-corrected chi connectivity index (χ3v) is 4.24. The van der Waals surface area contributed by atoms with Crippen molar-refractivity contribution < 1.29 is 19.1 Å². The predicted molar refractivity (Wildman–Crippen MR) is 108 cm³/mol. The largest absolute Gasteiger partial charge is 0.490 e. The van der Waals surface area contributed by atoms with Crippen LogP contribution < -0.4 is 25.8 Å². The summed E-state index contributed by atoms with van der Waals surface area (Å²) in [7, 11) is 0. The number of anilines is 2. The molecule has 0 atom stereocenters. The first-order valence-corrected chi connectivity index (χ1v) is 9.26. The zero-order valence-electron chi connectivity index (χ0n) is 15.2. The van der Waals surface area contributed by atoms with Crippen LogP contribution in [0.5, 0.6) is 11.5 Å². The maximum atomic E-state index is 12.4. The van der Waals surface area contributed by atoms with Gasteiger partial charge in [-0.25, -0.2) is 4.79 Å². The van der Waals surface area contributed by atoms with Crippen molar-refractivity contribution in [3.05, 3.63) is 46.4 Å². The molecule has 0 aromatic heterocycles. The Morgan fingerprint density at radius 2 is 1.48 bits per heavy atom. The third-order valence-electron chi connectivity index (χ3n) is 3.50. The fourth-order valence-corrected chi connectivity index (χ4v) is 2.87. The van der Waals surface area contributed by atoms with Crippen LogP contribution in [0, 0.1) is 0 Å². The summed E-state index contributed by atoms with van der Waals surface area (Å²) in [5.41, 5.74) is 7.01. The highest BCUT2D eigenvalue weighted by molar-refractivity contribution is 9.10. The minimum absolute atomic E-state index is 0.161. The van der Waals surface area contributed by atoms with E-state index >= 15 is 0 Å². The lowest BCUT2D eigenvalue weighted by molar-refractivity contribution is -0.115. The number of amides is 3. The molecule has 0 unspecified atom stereocenters. The molecule has 0 fully saturated rings. The Bertz CT molecular complexity index is 809. The van der Waals surface area contributed by atoms with Crippen molar-refractivity contribution in [2.45, 2.75) is 20.3 Å². The zero-order valence-corrected chi connectivity index (χ0v) is 16.8. The molecule has 0 aliphatic heterocycles. The molecule has 0 aliphatic rings. The number of carbonyl (C=O) groups is 2. The maximum Gasteiger partial charge on any atom is 0.316 e. The highest BCUT2D eigenvalue weighted by Gasteiger charge is 2.14. The molecule has 27 heavy (non-hydrogen) atoms. The van der Waals surface area contributed by atoms with E-state index in [1.165, 1.54) is 0 Å². The molecule has 0 bridgehead atoms. The van der Waals surface area contributed by atoms with Crippen LogP contribution in [0.25, 0.3) is 0 Å². The summed E-state index contributed by atoms with van der Waals surface area (Å²) in [6.45, 7) is 4.81. The second-order valence-corrected chi connectivity index (χ2v) is 6.40. The first-order chi connectivity index (χ1) is 12.9. The van der Waals surface area contributed by atoms with Crippen LogP contribution >= 0.6 is 15.9 Å². The van der Waals surface area contributed by atoms with E-state index < -0.39 is 6.03 Å². The summed E-state index contributed by atoms with van der Waals surface area (Å²) < 4.78 is 11.9. The van der Waals surface area contributed by atoms with Gasteiger partial charge >= 0.3 is 6.03 Å². The van der Waals surface area contributed by atoms with Crippen molar-refractivity contribution in [1.29, 1.82) is 0 Å². The molecule has 0 radical (unpaired) electrons. The number of primary amides is 1. The average molecular weight is 436 g/mol. The number of urea groups is 1. The second kappa shape index (κ2) is 9.82. The van der Waals surface area contributed by atoms with Crippen LogP contribution in [0.3, 0.4) is 0 Å². The van der Waals surface area contributed by atoms with Crippen molar-refractivity contribution in [2.75, 3.05) is 23.8 Å². The predicted octanol–water partition coefficient (Wildman–Crippen LogP) is 3.92. The summed E-state index contributed by atoms with van der Waals surface area (Å²) >= 11 is 3.48. The smallest absolute Gasteiger partial charge is 0.316 e. The van der Waals surface area contributed by atoms with E-state index in [1.807, 2.05) is 13.8 Å². The highest BCUT2D eigenvalue weighted by Crippen LogP contribution is 2.34. The molecule has 0 spiro atoms. The zero-order chi connectivity index (χ0) is 19.8. The van der Waals surface area contributed by atoms with Crippen molar-refractivity contribution >= 4 is 39.2 Å². The molecule has 7 nitrogen and oxygen atoms in total. The Balaban J connectivity index is 2.08. The molecule has 4 N–H and O–H groups in total. The van der Waals surface area contributed by atoms with Crippen LogP contribution in [-0.4, -0.2) is 25.2 Å². The molecule has 144 valence electrons.